The van der Waals surface area contributed by atoms with Crippen molar-refractivity contribution in [1.82, 2.24) is 4.90 Å². The number of carbonyl (C=O) groups is 1. The molecular formula is C27H34ClNO2. The number of rotatable bonds is 4. The highest BCUT2D eigenvalue weighted by molar-refractivity contribution is 6.31. The lowest BCUT2D eigenvalue weighted by Crippen LogP contribution is -2.49. The lowest BCUT2D eigenvalue weighted by molar-refractivity contribution is -0.146. The summed E-state index contributed by atoms with van der Waals surface area (Å²) in [6.45, 7) is 5.46. The van der Waals surface area contributed by atoms with Crippen LogP contribution in [0.25, 0.3) is 0 Å². The minimum Gasteiger partial charge on any atom is -0.362 e. The fourth-order valence-electron chi connectivity index (χ4n) is 8.20. The Morgan fingerprint density at radius 1 is 1.13 bits per heavy atom. The van der Waals surface area contributed by atoms with Gasteiger partial charge in [-0.05, 0) is 92.6 Å². The molecule has 166 valence electrons. The average Bonchev–Trinajstić information content (AvgIpc) is 3.05. The first-order chi connectivity index (χ1) is 15.1. The van der Waals surface area contributed by atoms with Gasteiger partial charge in [-0.3, -0.25) is 4.79 Å². The minimum absolute atomic E-state index is 0.0292. The van der Waals surface area contributed by atoms with Crippen molar-refractivity contribution in [1.29, 1.82) is 0 Å². The second-order valence-electron chi connectivity index (χ2n) is 11.0. The topological polar surface area (TPSA) is 29.5 Å². The molecular weight excluding hydrogens is 406 g/mol. The molecule has 4 saturated carbocycles. The number of benzene rings is 1. The number of ether oxygens (including phenoxy) is 1. The fraction of sp³-hybridized carbons (Fsp3) is 0.667. The zero-order valence-electron chi connectivity index (χ0n) is 18.4. The molecule has 3 nitrogen and oxygen atoms in total. The van der Waals surface area contributed by atoms with E-state index in [-0.39, 0.29) is 11.7 Å². The SMILES string of the molecule is C=CCC1OC2(CCN(C(=O)CC3C4CC5CC(C4)CC3C5)CC2)c2c(Cl)cccc21. The van der Waals surface area contributed by atoms with Crippen LogP contribution in [0.5, 0.6) is 0 Å². The van der Waals surface area contributed by atoms with Crippen LogP contribution in [0.15, 0.2) is 30.9 Å². The molecule has 0 N–H and O–H groups in total. The molecule has 6 aliphatic rings. The van der Waals surface area contributed by atoms with Crippen molar-refractivity contribution in [2.45, 2.75) is 69.5 Å². The molecule has 4 aliphatic carbocycles. The van der Waals surface area contributed by atoms with E-state index >= 15 is 0 Å². The van der Waals surface area contributed by atoms with E-state index in [2.05, 4.69) is 17.5 Å². The van der Waals surface area contributed by atoms with Crippen molar-refractivity contribution < 1.29 is 9.53 Å². The lowest BCUT2D eigenvalue weighted by atomic mass is 9.51. The Hall–Kier alpha value is -1.32. The molecule has 7 rings (SSSR count). The van der Waals surface area contributed by atoms with Crippen LogP contribution in [0.1, 0.15) is 75.0 Å². The number of amides is 1. The number of hydrogen-bond donors (Lipinski definition) is 0. The largest absolute Gasteiger partial charge is 0.362 e. The summed E-state index contributed by atoms with van der Waals surface area (Å²) in [5, 5.41) is 0.803. The molecule has 5 fully saturated rings. The molecule has 1 amide bonds. The molecule has 0 radical (unpaired) electrons. The monoisotopic (exact) mass is 439 g/mol. The zero-order valence-corrected chi connectivity index (χ0v) is 19.2. The highest BCUT2D eigenvalue weighted by Gasteiger charge is 2.50. The third-order valence-corrected chi connectivity index (χ3v) is 9.67. The maximum Gasteiger partial charge on any atom is 0.222 e. The van der Waals surface area contributed by atoms with Gasteiger partial charge in [0.05, 0.1) is 11.7 Å². The molecule has 4 heteroatoms. The van der Waals surface area contributed by atoms with E-state index in [1.54, 1.807) is 0 Å². The second kappa shape index (κ2) is 7.63. The number of halogens is 1. The Balaban J connectivity index is 1.14. The van der Waals surface area contributed by atoms with E-state index < -0.39 is 0 Å². The summed E-state index contributed by atoms with van der Waals surface area (Å²) < 4.78 is 6.64. The van der Waals surface area contributed by atoms with Gasteiger partial charge >= 0.3 is 0 Å². The normalized spacial score (nSPS) is 37.3. The van der Waals surface area contributed by atoms with Crippen LogP contribution >= 0.6 is 11.6 Å². The Bertz CT molecular complexity index is 859. The number of likely N-dealkylation sites (tertiary alicyclic amines) is 1. The quantitative estimate of drug-likeness (QED) is 0.517. The third-order valence-electron chi connectivity index (χ3n) is 9.35. The molecule has 1 saturated heterocycles. The van der Waals surface area contributed by atoms with Crippen LogP contribution in [0.2, 0.25) is 5.02 Å². The summed E-state index contributed by atoms with van der Waals surface area (Å²) >= 11 is 6.67. The first-order valence-corrected chi connectivity index (χ1v) is 12.8. The van der Waals surface area contributed by atoms with Gasteiger partial charge in [-0.15, -0.1) is 6.58 Å². The van der Waals surface area contributed by atoms with E-state index in [0.717, 1.165) is 73.0 Å². The minimum atomic E-state index is -0.346. The summed E-state index contributed by atoms with van der Waals surface area (Å²) in [6, 6.07) is 6.14. The molecule has 2 aliphatic heterocycles. The molecule has 1 atom stereocenters. The predicted octanol–water partition coefficient (Wildman–Crippen LogP) is 6.27. The van der Waals surface area contributed by atoms with Crippen LogP contribution in [0, 0.1) is 29.6 Å². The van der Waals surface area contributed by atoms with Crippen LogP contribution in [0.4, 0.5) is 0 Å². The standard InChI is InChI=1S/C27H34ClNO2/c1-2-4-24-21-5-3-6-23(28)26(21)27(31-24)7-9-29(10-8-27)25(30)16-22-19-12-17-11-18(14-19)15-20(22)13-17/h2-3,5-6,17-20,22,24H,1,4,7-16H2. The highest BCUT2D eigenvalue weighted by Crippen LogP contribution is 2.58. The second-order valence-corrected chi connectivity index (χ2v) is 11.4. The highest BCUT2D eigenvalue weighted by atomic mass is 35.5. The molecule has 1 aromatic rings. The van der Waals surface area contributed by atoms with E-state index in [4.69, 9.17) is 16.3 Å². The Morgan fingerprint density at radius 2 is 1.81 bits per heavy atom. The average molecular weight is 440 g/mol. The first-order valence-electron chi connectivity index (χ1n) is 12.4. The maximum absolute atomic E-state index is 13.3. The van der Waals surface area contributed by atoms with Crippen molar-refractivity contribution in [2.75, 3.05) is 13.1 Å². The van der Waals surface area contributed by atoms with Gasteiger partial charge in [-0.25, -0.2) is 0 Å². The van der Waals surface area contributed by atoms with Gasteiger partial charge in [0.1, 0.15) is 0 Å². The smallest absolute Gasteiger partial charge is 0.222 e. The fourth-order valence-corrected chi connectivity index (χ4v) is 8.55. The summed E-state index contributed by atoms with van der Waals surface area (Å²) in [4.78, 5) is 15.4. The first kappa shape index (κ1) is 20.3. The van der Waals surface area contributed by atoms with Gasteiger partial charge in [-0.1, -0.05) is 29.8 Å². The maximum atomic E-state index is 13.3. The van der Waals surface area contributed by atoms with Gasteiger partial charge in [0.2, 0.25) is 5.91 Å². The van der Waals surface area contributed by atoms with Gasteiger partial charge < -0.3 is 9.64 Å². The number of nitrogens with zero attached hydrogens (tertiary/aromatic N) is 1. The summed E-state index contributed by atoms with van der Waals surface area (Å²) in [5.41, 5.74) is 2.03. The molecule has 4 bridgehead atoms. The summed E-state index contributed by atoms with van der Waals surface area (Å²) in [6.07, 6.45) is 12.2. The number of carbonyl (C=O) groups excluding carboxylic acids is 1. The predicted molar refractivity (Wildman–Crippen MR) is 123 cm³/mol. The number of piperidine rings is 1. The van der Waals surface area contributed by atoms with Crippen molar-refractivity contribution >= 4 is 17.5 Å². The van der Waals surface area contributed by atoms with Gasteiger partial charge in [0.15, 0.2) is 0 Å². The van der Waals surface area contributed by atoms with Gasteiger partial charge in [0, 0.05) is 30.1 Å². The molecule has 0 aromatic heterocycles. The van der Waals surface area contributed by atoms with Crippen molar-refractivity contribution in [3.8, 4) is 0 Å². The van der Waals surface area contributed by atoms with Crippen molar-refractivity contribution in [3.63, 3.8) is 0 Å². The van der Waals surface area contributed by atoms with Crippen LogP contribution in [-0.4, -0.2) is 23.9 Å². The van der Waals surface area contributed by atoms with Crippen LogP contribution < -0.4 is 0 Å². The number of fused-ring (bicyclic) bond motifs is 2. The van der Waals surface area contributed by atoms with Crippen LogP contribution in [-0.2, 0) is 15.1 Å². The van der Waals surface area contributed by atoms with E-state index in [9.17, 15) is 4.79 Å². The van der Waals surface area contributed by atoms with Gasteiger partial charge in [0.25, 0.3) is 0 Å². The lowest BCUT2D eigenvalue weighted by Gasteiger charge is -2.54. The van der Waals surface area contributed by atoms with E-state index in [1.807, 2.05) is 18.2 Å². The van der Waals surface area contributed by atoms with E-state index in [0.29, 0.717) is 11.8 Å². The van der Waals surface area contributed by atoms with Crippen LogP contribution in [0.3, 0.4) is 0 Å². The Morgan fingerprint density at radius 3 is 2.45 bits per heavy atom. The van der Waals surface area contributed by atoms with Crippen molar-refractivity contribution in [2.24, 2.45) is 29.6 Å². The number of hydrogen-bond acceptors (Lipinski definition) is 2. The third kappa shape index (κ3) is 3.30. The zero-order chi connectivity index (χ0) is 21.2. The molecule has 2 heterocycles. The summed E-state index contributed by atoms with van der Waals surface area (Å²) in [5.74, 6) is 4.60. The Kier molecular flexibility index (Phi) is 4.99. The summed E-state index contributed by atoms with van der Waals surface area (Å²) in [7, 11) is 0. The molecule has 31 heavy (non-hydrogen) atoms. The van der Waals surface area contributed by atoms with E-state index in [1.165, 1.54) is 37.7 Å². The van der Waals surface area contributed by atoms with Crippen molar-refractivity contribution in [3.05, 3.63) is 47.0 Å². The molecule has 1 aromatic carbocycles. The molecule has 1 unspecified atom stereocenters. The van der Waals surface area contributed by atoms with Gasteiger partial charge in [-0.2, -0.15) is 0 Å². The Labute approximate surface area is 191 Å². The molecule has 1 spiro atoms.